The summed E-state index contributed by atoms with van der Waals surface area (Å²) in [5, 5.41) is 0. The lowest BCUT2D eigenvalue weighted by atomic mass is 9.95. The number of rotatable bonds is 13. The summed E-state index contributed by atoms with van der Waals surface area (Å²) < 4.78 is 12.4. The molecule has 0 radical (unpaired) electrons. The minimum Gasteiger partial charge on any atom is -0.375 e. The third-order valence-corrected chi connectivity index (χ3v) is 6.00. The number of hydrogen-bond donors (Lipinski definition) is 0. The van der Waals surface area contributed by atoms with E-state index in [2.05, 4.69) is 78.7 Å². The Hall–Kier alpha value is -0.420. The largest absolute Gasteiger partial charge is 0.375 e. The lowest BCUT2D eigenvalue weighted by Gasteiger charge is -2.45. The van der Waals surface area contributed by atoms with Crippen molar-refractivity contribution < 1.29 is 9.47 Å². The molecular formula is C25H50N2O2. The first-order valence-corrected chi connectivity index (χ1v) is 11.6. The van der Waals surface area contributed by atoms with E-state index in [9.17, 15) is 0 Å². The molecule has 1 aliphatic heterocycles. The minimum atomic E-state index is -0.0678. The standard InChI is InChI=1S/C25H50N2O2/c1-21(2)11-18-28-24(7,8)12-13-26-14-16-27(17-15-26)23(5,6)20-29-25(9,10)19-22(3)4/h22H,1,11-20H2,2-10H3. The molecular weight excluding hydrogens is 360 g/mol. The van der Waals surface area contributed by atoms with Gasteiger partial charge in [0.25, 0.3) is 0 Å². The third kappa shape index (κ3) is 11.0. The van der Waals surface area contributed by atoms with Crippen molar-refractivity contribution in [3.63, 3.8) is 0 Å². The summed E-state index contributed by atoms with van der Waals surface area (Å²) in [6, 6.07) is 0. The minimum absolute atomic E-state index is 0.0526. The van der Waals surface area contributed by atoms with E-state index in [1.165, 1.54) is 5.57 Å². The van der Waals surface area contributed by atoms with E-state index in [-0.39, 0.29) is 16.7 Å². The van der Waals surface area contributed by atoms with E-state index >= 15 is 0 Å². The molecule has 1 fully saturated rings. The molecule has 4 heteroatoms. The van der Waals surface area contributed by atoms with Crippen LogP contribution in [-0.4, -0.2) is 72.5 Å². The summed E-state index contributed by atoms with van der Waals surface area (Å²) in [5.74, 6) is 0.658. The van der Waals surface area contributed by atoms with E-state index in [1.54, 1.807) is 0 Å². The van der Waals surface area contributed by atoms with Crippen molar-refractivity contribution in [1.29, 1.82) is 0 Å². The van der Waals surface area contributed by atoms with Gasteiger partial charge in [-0.25, -0.2) is 0 Å². The highest BCUT2D eigenvalue weighted by atomic mass is 16.5. The van der Waals surface area contributed by atoms with Gasteiger partial charge in [0.15, 0.2) is 0 Å². The van der Waals surface area contributed by atoms with E-state index in [0.29, 0.717) is 5.92 Å². The van der Waals surface area contributed by atoms with Gasteiger partial charge in [-0.15, -0.1) is 6.58 Å². The molecule has 0 spiro atoms. The predicted octanol–water partition coefficient (Wildman–Crippen LogP) is 5.38. The molecule has 0 N–H and O–H groups in total. The van der Waals surface area contributed by atoms with Crippen molar-refractivity contribution in [3.05, 3.63) is 12.2 Å². The van der Waals surface area contributed by atoms with E-state index in [4.69, 9.17) is 9.47 Å². The number of nitrogens with zero attached hydrogens (tertiary/aromatic N) is 2. The average Bonchev–Trinajstić information content (AvgIpc) is 2.57. The van der Waals surface area contributed by atoms with Crippen LogP contribution in [0.5, 0.6) is 0 Å². The second-order valence-electron chi connectivity index (χ2n) is 11.4. The molecule has 29 heavy (non-hydrogen) atoms. The van der Waals surface area contributed by atoms with Crippen molar-refractivity contribution in [1.82, 2.24) is 9.80 Å². The average molecular weight is 411 g/mol. The topological polar surface area (TPSA) is 24.9 Å². The molecule has 0 unspecified atom stereocenters. The highest BCUT2D eigenvalue weighted by Crippen LogP contribution is 2.25. The molecule has 0 atom stereocenters. The van der Waals surface area contributed by atoms with Crippen LogP contribution in [0.2, 0.25) is 0 Å². The van der Waals surface area contributed by atoms with Gasteiger partial charge in [0.05, 0.1) is 24.4 Å². The van der Waals surface area contributed by atoms with E-state index < -0.39 is 0 Å². The van der Waals surface area contributed by atoms with Crippen LogP contribution in [0, 0.1) is 5.92 Å². The lowest BCUT2D eigenvalue weighted by molar-refractivity contribution is -0.0877. The van der Waals surface area contributed by atoms with Crippen LogP contribution in [0.15, 0.2) is 12.2 Å². The molecule has 0 aliphatic carbocycles. The van der Waals surface area contributed by atoms with Gasteiger partial charge in [-0.3, -0.25) is 4.90 Å². The second-order valence-corrected chi connectivity index (χ2v) is 11.4. The van der Waals surface area contributed by atoms with Crippen molar-refractivity contribution in [2.75, 3.05) is 45.9 Å². The Labute approximate surface area is 182 Å². The Morgan fingerprint density at radius 2 is 1.52 bits per heavy atom. The summed E-state index contributed by atoms with van der Waals surface area (Å²) in [6.45, 7) is 31.2. The predicted molar refractivity (Wildman–Crippen MR) is 126 cm³/mol. The molecule has 0 aromatic carbocycles. The zero-order chi connectivity index (χ0) is 22.3. The van der Waals surface area contributed by atoms with Crippen LogP contribution in [0.3, 0.4) is 0 Å². The smallest absolute Gasteiger partial charge is 0.0652 e. The summed E-state index contributed by atoms with van der Waals surface area (Å²) in [6.07, 6.45) is 3.12. The fourth-order valence-corrected chi connectivity index (χ4v) is 4.08. The van der Waals surface area contributed by atoms with Crippen LogP contribution in [0.1, 0.15) is 81.6 Å². The number of hydrogen-bond acceptors (Lipinski definition) is 4. The fourth-order valence-electron chi connectivity index (χ4n) is 4.08. The van der Waals surface area contributed by atoms with Crippen LogP contribution >= 0.6 is 0 Å². The molecule has 172 valence electrons. The van der Waals surface area contributed by atoms with E-state index in [1.807, 2.05) is 0 Å². The monoisotopic (exact) mass is 410 g/mol. The number of ether oxygens (including phenoxy) is 2. The Morgan fingerprint density at radius 1 is 0.931 bits per heavy atom. The normalized spacial score (nSPS) is 17.9. The molecule has 1 heterocycles. The van der Waals surface area contributed by atoms with Crippen LogP contribution in [0.4, 0.5) is 0 Å². The molecule has 0 saturated carbocycles. The molecule has 0 aromatic heterocycles. The summed E-state index contributed by atoms with van der Waals surface area (Å²) >= 11 is 0. The van der Waals surface area contributed by atoms with Gasteiger partial charge in [0.2, 0.25) is 0 Å². The van der Waals surface area contributed by atoms with Gasteiger partial charge >= 0.3 is 0 Å². The third-order valence-electron chi connectivity index (χ3n) is 6.00. The summed E-state index contributed by atoms with van der Waals surface area (Å²) in [7, 11) is 0. The second kappa shape index (κ2) is 11.3. The fraction of sp³-hybridized carbons (Fsp3) is 0.920. The maximum atomic E-state index is 6.35. The van der Waals surface area contributed by atoms with Crippen LogP contribution in [-0.2, 0) is 9.47 Å². The molecule has 4 nitrogen and oxygen atoms in total. The first kappa shape index (κ1) is 26.6. The van der Waals surface area contributed by atoms with Crippen molar-refractivity contribution in [2.24, 2.45) is 5.92 Å². The maximum Gasteiger partial charge on any atom is 0.0652 e. The molecule has 0 aromatic rings. The summed E-state index contributed by atoms with van der Waals surface area (Å²) in [4.78, 5) is 5.18. The Balaban J connectivity index is 2.38. The molecule has 0 amide bonds. The molecule has 0 bridgehead atoms. The quantitative estimate of drug-likeness (QED) is 0.381. The Bertz CT molecular complexity index is 489. The van der Waals surface area contributed by atoms with Gasteiger partial charge in [-0.1, -0.05) is 19.4 Å². The van der Waals surface area contributed by atoms with Gasteiger partial charge in [-0.05, 0) is 73.6 Å². The van der Waals surface area contributed by atoms with Gasteiger partial charge < -0.3 is 14.4 Å². The molecule has 1 saturated heterocycles. The Morgan fingerprint density at radius 3 is 2.03 bits per heavy atom. The van der Waals surface area contributed by atoms with Gasteiger partial charge in [0, 0.05) is 38.3 Å². The van der Waals surface area contributed by atoms with Crippen LogP contribution < -0.4 is 0 Å². The first-order chi connectivity index (χ1) is 13.2. The lowest BCUT2D eigenvalue weighted by Crippen LogP contribution is -2.57. The maximum absolute atomic E-state index is 6.35. The van der Waals surface area contributed by atoms with Crippen molar-refractivity contribution in [3.8, 4) is 0 Å². The SMILES string of the molecule is C=C(C)CCOC(C)(C)CCN1CCN(C(C)(C)COC(C)(C)CC(C)C)CC1. The molecule has 1 rings (SSSR count). The zero-order valence-electron chi connectivity index (χ0n) is 21.1. The molecule has 1 aliphatic rings. The Kier molecular flexibility index (Phi) is 10.3. The van der Waals surface area contributed by atoms with E-state index in [0.717, 1.165) is 65.2 Å². The van der Waals surface area contributed by atoms with Gasteiger partial charge in [0.1, 0.15) is 0 Å². The number of piperazine rings is 1. The van der Waals surface area contributed by atoms with Gasteiger partial charge in [-0.2, -0.15) is 0 Å². The first-order valence-electron chi connectivity index (χ1n) is 11.6. The zero-order valence-corrected chi connectivity index (χ0v) is 21.1. The summed E-state index contributed by atoms with van der Waals surface area (Å²) in [5.41, 5.74) is 1.15. The highest BCUT2D eigenvalue weighted by Gasteiger charge is 2.33. The van der Waals surface area contributed by atoms with Crippen molar-refractivity contribution in [2.45, 2.75) is 98.3 Å². The highest BCUT2D eigenvalue weighted by molar-refractivity contribution is 4.89. The van der Waals surface area contributed by atoms with Crippen LogP contribution in [0.25, 0.3) is 0 Å². The van der Waals surface area contributed by atoms with Crippen molar-refractivity contribution >= 4 is 0 Å².